The largest absolute Gasteiger partial charge is 0.497 e. The summed E-state index contributed by atoms with van der Waals surface area (Å²) in [6, 6.07) is 26.0. The Bertz CT molecular complexity index is 1280. The summed E-state index contributed by atoms with van der Waals surface area (Å²) < 4.78 is 39.1. The summed E-state index contributed by atoms with van der Waals surface area (Å²) in [7, 11) is -2.30. The van der Waals surface area contributed by atoms with E-state index in [1.54, 1.807) is 49.6 Å². The first-order valence-electron chi connectivity index (χ1n) is 9.38. The topological polar surface area (TPSA) is 90.4 Å². The second kappa shape index (κ2) is 8.85. The van der Waals surface area contributed by atoms with Crippen molar-refractivity contribution >= 4 is 16.0 Å². The molecule has 0 amide bonds. The number of benzene rings is 3. The van der Waals surface area contributed by atoms with Crippen LogP contribution in [0.15, 0.2) is 95.9 Å². The maximum Gasteiger partial charge on any atom is 0.264 e. The summed E-state index contributed by atoms with van der Waals surface area (Å²) in [5.41, 5.74) is 1.20. The number of nitrogens with one attached hydrogen (secondary N) is 1. The van der Waals surface area contributed by atoms with Gasteiger partial charge in [-0.2, -0.15) is 4.98 Å². The van der Waals surface area contributed by atoms with Crippen LogP contribution < -0.4 is 14.2 Å². The molecule has 156 valence electrons. The smallest absolute Gasteiger partial charge is 0.264 e. The normalized spacial score (nSPS) is 11.0. The van der Waals surface area contributed by atoms with E-state index in [0.717, 1.165) is 5.56 Å². The van der Waals surface area contributed by atoms with Crippen molar-refractivity contribution in [3.8, 4) is 28.6 Å². The van der Waals surface area contributed by atoms with Gasteiger partial charge in [0.2, 0.25) is 11.8 Å². The minimum Gasteiger partial charge on any atom is -0.497 e. The zero-order valence-electron chi connectivity index (χ0n) is 16.6. The molecule has 1 heterocycles. The quantitative estimate of drug-likeness (QED) is 0.453. The van der Waals surface area contributed by atoms with Crippen molar-refractivity contribution in [3.63, 3.8) is 0 Å². The van der Waals surface area contributed by atoms with Gasteiger partial charge in [0.25, 0.3) is 10.0 Å². The van der Waals surface area contributed by atoms with Crippen LogP contribution in [0.5, 0.6) is 17.4 Å². The van der Waals surface area contributed by atoms with E-state index < -0.39 is 10.0 Å². The molecule has 31 heavy (non-hydrogen) atoms. The van der Waals surface area contributed by atoms with Crippen LogP contribution in [0.3, 0.4) is 0 Å². The average molecular weight is 433 g/mol. The van der Waals surface area contributed by atoms with Crippen molar-refractivity contribution in [1.29, 1.82) is 0 Å². The van der Waals surface area contributed by atoms with Gasteiger partial charge in [0.15, 0.2) is 0 Å². The second-order valence-corrected chi connectivity index (χ2v) is 8.16. The summed E-state index contributed by atoms with van der Waals surface area (Å²) >= 11 is 0. The van der Waals surface area contributed by atoms with Crippen LogP contribution in [-0.4, -0.2) is 25.5 Å². The highest BCUT2D eigenvalue weighted by Crippen LogP contribution is 2.28. The van der Waals surface area contributed by atoms with Crippen LogP contribution in [-0.2, 0) is 10.0 Å². The molecule has 0 saturated heterocycles. The minimum absolute atomic E-state index is 0.102. The van der Waals surface area contributed by atoms with Gasteiger partial charge >= 0.3 is 0 Å². The van der Waals surface area contributed by atoms with Gasteiger partial charge in [-0.1, -0.05) is 48.5 Å². The third-order valence-electron chi connectivity index (χ3n) is 4.31. The van der Waals surface area contributed by atoms with Gasteiger partial charge in [-0.3, -0.25) is 0 Å². The molecule has 0 bridgehead atoms. The molecule has 0 saturated carbocycles. The summed E-state index contributed by atoms with van der Waals surface area (Å²) in [6.07, 6.45) is 0. The number of aromatic nitrogens is 2. The number of sulfonamides is 1. The highest BCUT2D eigenvalue weighted by atomic mass is 32.2. The SMILES string of the molecule is COc1cccc(-c2cc(Oc3ccccc3)nc(NS(=O)(=O)c3ccccc3)n2)c1. The molecule has 0 unspecified atom stereocenters. The third-order valence-corrected chi connectivity index (χ3v) is 5.66. The van der Waals surface area contributed by atoms with Gasteiger partial charge in [-0.05, 0) is 36.4 Å². The van der Waals surface area contributed by atoms with Gasteiger partial charge < -0.3 is 9.47 Å². The van der Waals surface area contributed by atoms with Crippen LogP contribution in [0, 0.1) is 0 Å². The lowest BCUT2D eigenvalue weighted by molar-refractivity contribution is 0.415. The summed E-state index contributed by atoms with van der Waals surface area (Å²) in [5, 5.41) is 0. The summed E-state index contributed by atoms with van der Waals surface area (Å²) in [4.78, 5) is 8.75. The Balaban J connectivity index is 1.75. The Hall–Kier alpha value is -3.91. The van der Waals surface area contributed by atoms with E-state index in [9.17, 15) is 8.42 Å². The van der Waals surface area contributed by atoms with E-state index in [0.29, 0.717) is 17.2 Å². The predicted molar refractivity (Wildman–Crippen MR) is 118 cm³/mol. The molecule has 0 spiro atoms. The van der Waals surface area contributed by atoms with E-state index >= 15 is 0 Å². The first-order valence-corrected chi connectivity index (χ1v) is 10.9. The van der Waals surface area contributed by atoms with Gasteiger partial charge in [0, 0.05) is 11.6 Å². The van der Waals surface area contributed by atoms with Crippen molar-refractivity contribution in [2.45, 2.75) is 4.90 Å². The number of hydrogen-bond acceptors (Lipinski definition) is 6. The standard InChI is InChI=1S/C23H19N3O4S/c1-29-19-12-8-9-17(15-19)21-16-22(30-18-10-4-2-5-11-18)25-23(24-21)26-31(27,28)20-13-6-3-7-14-20/h2-16H,1H3,(H,24,25,26). The molecule has 0 aliphatic carbocycles. The van der Waals surface area contributed by atoms with E-state index in [2.05, 4.69) is 14.7 Å². The monoisotopic (exact) mass is 433 g/mol. The molecule has 0 aliphatic heterocycles. The van der Waals surface area contributed by atoms with Crippen molar-refractivity contribution in [2.75, 3.05) is 11.8 Å². The number of hydrogen-bond donors (Lipinski definition) is 1. The average Bonchev–Trinajstić information content (AvgIpc) is 2.80. The zero-order valence-corrected chi connectivity index (χ0v) is 17.4. The molecule has 3 aromatic carbocycles. The van der Waals surface area contributed by atoms with Crippen molar-refractivity contribution in [3.05, 3.63) is 91.0 Å². The lowest BCUT2D eigenvalue weighted by atomic mass is 10.1. The number of anilines is 1. The molecular weight excluding hydrogens is 414 g/mol. The first-order chi connectivity index (χ1) is 15.0. The zero-order chi connectivity index (χ0) is 21.7. The number of ether oxygens (including phenoxy) is 2. The number of nitrogens with zero attached hydrogens (tertiary/aromatic N) is 2. The Kier molecular flexibility index (Phi) is 5.81. The van der Waals surface area contributed by atoms with E-state index in [-0.39, 0.29) is 16.7 Å². The Morgan fingerprint density at radius 3 is 2.16 bits per heavy atom. The van der Waals surface area contributed by atoms with Gasteiger partial charge in [-0.25, -0.2) is 18.1 Å². The maximum absolute atomic E-state index is 12.8. The molecule has 0 radical (unpaired) electrons. The van der Waals surface area contributed by atoms with Crippen molar-refractivity contribution in [1.82, 2.24) is 9.97 Å². The van der Waals surface area contributed by atoms with Gasteiger partial charge in [-0.15, -0.1) is 0 Å². The fourth-order valence-electron chi connectivity index (χ4n) is 2.84. The molecule has 4 rings (SSSR count). The summed E-state index contributed by atoms with van der Waals surface area (Å²) in [6.45, 7) is 0. The fourth-order valence-corrected chi connectivity index (χ4v) is 3.81. The Morgan fingerprint density at radius 1 is 0.774 bits per heavy atom. The highest BCUT2D eigenvalue weighted by molar-refractivity contribution is 7.92. The van der Waals surface area contributed by atoms with E-state index in [1.807, 2.05) is 36.4 Å². The lowest BCUT2D eigenvalue weighted by Crippen LogP contribution is -2.15. The van der Waals surface area contributed by atoms with Crippen LogP contribution in [0.2, 0.25) is 0 Å². The molecule has 0 aliphatic rings. The van der Waals surface area contributed by atoms with Crippen LogP contribution in [0.4, 0.5) is 5.95 Å². The number of rotatable bonds is 7. The predicted octanol–water partition coefficient (Wildman–Crippen LogP) is 4.75. The van der Waals surface area contributed by atoms with Crippen molar-refractivity contribution in [2.24, 2.45) is 0 Å². The van der Waals surface area contributed by atoms with Gasteiger partial charge in [0.1, 0.15) is 11.5 Å². The molecule has 4 aromatic rings. The number of methoxy groups -OCH3 is 1. The highest BCUT2D eigenvalue weighted by Gasteiger charge is 2.17. The third kappa shape index (κ3) is 4.99. The minimum atomic E-state index is -3.87. The fraction of sp³-hybridized carbons (Fsp3) is 0.0435. The molecule has 7 nitrogen and oxygen atoms in total. The summed E-state index contributed by atoms with van der Waals surface area (Å²) in [5.74, 6) is 1.31. The second-order valence-electron chi connectivity index (χ2n) is 6.48. The molecule has 8 heteroatoms. The molecule has 0 atom stereocenters. The molecule has 1 aromatic heterocycles. The van der Waals surface area contributed by atoms with Gasteiger partial charge in [0.05, 0.1) is 17.7 Å². The Morgan fingerprint density at radius 2 is 1.45 bits per heavy atom. The molecule has 0 fully saturated rings. The van der Waals surface area contributed by atoms with E-state index in [1.165, 1.54) is 12.1 Å². The maximum atomic E-state index is 12.8. The lowest BCUT2D eigenvalue weighted by Gasteiger charge is -2.12. The van der Waals surface area contributed by atoms with Crippen LogP contribution >= 0.6 is 0 Å². The van der Waals surface area contributed by atoms with Crippen LogP contribution in [0.1, 0.15) is 0 Å². The van der Waals surface area contributed by atoms with Crippen LogP contribution in [0.25, 0.3) is 11.3 Å². The van der Waals surface area contributed by atoms with Crippen molar-refractivity contribution < 1.29 is 17.9 Å². The van der Waals surface area contributed by atoms with E-state index in [4.69, 9.17) is 9.47 Å². The number of para-hydroxylation sites is 1. The Labute approximate surface area is 180 Å². The molecule has 1 N–H and O–H groups in total. The molecular formula is C23H19N3O4S. The first kappa shape index (κ1) is 20.4.